The normalized spacial score (nSPS) is 29.2. The van der Waals surface area contributed by atoms with Gasteiger partial charge in [0.05, 0.1) is 43.1 Å². The van der Waals surface area contributed by atoms with E-state index in [0.717, 1.165) is 16.7 Å². The molecule has 3 heterocycles. The van der Waals surface area contributed by atoms with Crippen molar-refractivity contribution in [2.24, 2.45) is 0 Å². The largest absolute Gasteiger partial charge is 0.482 e. The number of carbonyl (C=O) groups is 1. The van der Waals surface area contributed by atoms with Gasteiger partial charge in [0.15, 0.2) is 0 Å². The standard InChI is InChI=1S/C27H29FN2O6/c1-27(2)18(10-22(36-27)23-17-9-16(28)7-8-19(17)29-26(23)35)15-5-3-14(4-6-15)11-30-20(12-31)24(33)25(34)21(30)13-32/h3-10,20-21,24-25,31-34H,11-13H2,1-2H3,(H,29,35)/b23-22+/t20-,21+,24-,25+. The van der Waals surface area contributed by atoms with E-state index in [4.69, 9.17) is 4.74 Å². The van der Waals surface area contributed by atoms with Crippen molar-refractivity contribution in [1.29, 1.82) is 0 Å². The highest BCUT2D eigenvalue weighted by Gasteiger charge is 2.46. The number of ether oxygens (including phenoxy) is 1. The number of aliphatic hydroxyl groups is 4. The summed E-state index contributed by atoms with van der Waals surface area (Å²) in [4.78, 5) is 14.4. The van der Waals surface area contributed by atoms with Crippen molar-refractivity contribution in [3.63, 3.8) is 0 Å². The van der Waals surface area contributed by atoms with Crippen LogP contribution in [0.2, 0.25) is 0 Å². The van der Waals surface area contributed by atoms with E-state index in [1.165, 1.54) is 18.2 Å². The smallest absolute Gasteiger partial charge is 0.260 e. The van der Waals surface area contributed by atoms with Gasteiger partial charge in [-0.15, -0.1) is 0 Å². The zero-order chi connectivity index (χ0) is 25.8. The van der Waals surface area contributed by atoms with Crippen molar-refractivity contribution < 1.29 is 34.3 Å². The Morgan fingerprint density at radius 3 is 2.28 bits per heavy atom. The highest BCUT2D eigenvalue weighted by atomic mass is 19.1. The van der Waals surface area contributed by atoms with Crippen LogP contribution in [0.4, 0.5) is 10.1 Å². The number of amides is 1. The van der Waals surface area contributed by atoms with Crippen LogP contribution >= 0.6 is 0 Å². The van der Waals surface area contributed by atoms with Gasteiger partial charge in [-0.2, -0.15) is 0 Å². The Kier molecular flexibility index (Phi) is 6.22. The van der Waals surface area contributed by atoms with Gasteiger partial charge >= 0.3 is 0 Å². The Hall–Kier alpha value is -3.08. The molecule has 9 heteroatoms. The van der Waals surface area contributed by atoms with E-state index < -0.39 is 35.7 Å². The number of aliphatic hydroxyl groups excluding tert-OH is 4. The lowest BCUT2D eigenvalue weighted by molar-refractivity contribution is -0.111. The second-order valence-electron chi connectivity index (χ2n) is 9.90. The minimum absolute atomic E-state index is 0.292. The van der Waals surface area contributed by atoms with Gasteiger partial charge in [0.25, 0.3) is 5.91 Å². The fraction of sp³-hybridized carbons (Fsp3) is 0.370. The first-order valence-corrected chi connectivity index (χ1v) is 11.8. The molecule has 5 N–H and O–H groups in total. The maximum absolute atomic E-state index is 13.9. The SMILES string of the molecule is CC1(C)O/C(=C2/C(=O)Nc3ccc(F)cc32)C=C1c1ccc(CN2[C@H](CO)[C@@H](O)[C@@H](O)[C@@H]2CO)cc1. The molecule has 0 bridgehead atoms. The van der Waals surface area contributed by atoms with E-state index in [9.17, 15) is 29.6 Å². The average Bonchev–Trinajstić information content (AvgIpc) is 3.41. The van der Waals surface area contributed by atoms with Gasteiger partial charge < -0.3 is 30.5 Å². The molecule has 36 heavy (non-hydrogen) atoms. The summed E-state index contributed by atoms with van der Waals surface area (Å²) in [6.45, 7) is 3.42. The van der Waals surface area contributed by atoms with Crippen LogP contribution in [0.25, 0.3) is 11.1 Å². The van der Waals surface area contributed by atoms with Crippen LogP contribution in [0, 0.1) is 5.82 Å². The highest BCUT2D eigenvalue weighted by Crippen LogP contribution is 2.44. The van der Waals surface area contributed by atoms with Crippen LogP contribution in [0.3, 0.4) is 0 Å². The second-order valence-corrected chi connectivity index (χ2v) is 9.90. The predicted molar refractivity (Wildman–Crippen MR) is 131 cm³/mol. The Morgan fingerprint density at radius 1 is 1.03 bits per heavy atom. The summed E-state index contributed by atoms with van der Waals surface area (Å²) in [7, 11) is 0. The van der Waals surface area contributed by atoms with Gasteiger partial charge in [0.2, 0.25) is 0 Å². The average molecular weight is 497 g/mol. The maximum atomic E-state index is 13.9. The van der Waals surface area contributed by atoms with Crippen molar-refractivity contribution in [1.82, 2.24) is 4.90 Å². The summed E-state index contributed by atoms with van der Waals surface area (Å²) in [5, 5.41) is 42.6. The van der Waals surface area contributed by atoms with Crippen LogP contribution in [0.5, 0.6) is 0 Å². The third kappa shape index (κ3) is 4.03. The van der Waals surface area contributed by atoms with Crippen molar-refractivity contribution in [3.8, 4) is 0 Å². The molecule has 4 atom stereocenters. The number of anilines is 1. The molecule has 0 radical (unpaired) electrons. The number of allylic oxidation sites excluding steroid dienone is 1. The monoisotopic (exact) mass is 496 g/mol. The van der Waals surface area contributed by atoms with Gasteiger partial charge in [-0.1, -0.05) is 24.3 Å². The fourth-order valence-electron chi connectivity index (χ4n) is 5.36. The number of benzene rings is 2. The zero-order valence-corrected chi connectivity index (χ0v) is 20.0. The molecule has 0 spiro atoms. The number of nitrogens with one attached hydrogen (secondary N) is 1. The number of rotatable bonds is 5. The van der Waals surface area contributed by atoms with E-state index in [1.54, 1.807) is 11.0 Å². The minimum atomic E-state index is -1.15. The van der Waals surface area contributed by atoms with Crippen LogP contribution in [-0.4, -0.2) is 74.3 Å². The molecule has 190 valence electrons. The van der Waals surface area contributed by atoms with E-state index >= 15 is 0 Å². The third-order valence-corrected chi connectivity index (χ3v) is 7.26. The molecule has 1 fully saturated rings. The summed E-state index contributed by atoms with van der Waals surface area (Å²) >= 11 is 0. The molecule has 3 aliphatic heterocycles. The lowest BCUT2D eigenvalue weighted by Gasteiger charge is -2.28. The number of hydrogen-bond acceptors (Lipinski definition) is 7. The summed E-state index contributed by atoms with van der Waals surface area (Å²) in [5.74, 6) is -0.413. The number of likely N-dealkylation sites (tertiary alicyclic amines) is 1. The quantitative estimate of drug-likeness (QED) is 0.399. The number of fused-ring (bicyclic) bond motifs is 1. The summed E-state index contributed by atoms with van der Waals surface area (Å²) in [6.07, 6.45) is -0.488. The topological polar surface area (TPSA) is 122 Å². The van der Waals surface area contributed by atoms with Gasteiger partial charge in [-0.3, -0.25) is 9.69 Å². The first kappa shape index (κ1) is 24.6. The predicted octanol–water partition coefficient (Wildman–Crippen LogP) is 1.64. The van der Waals surface area contributed by atoms with Crippen molar-refractivity contribution >= 4 is 22.7 Å². The van der Waals surface area contributed by atoms with Crippen molar-refractivity contribution in [3.05, 3.63) is 76.8 Å². The van der Waals surface area contributed by atoms with Gasteiger partial charge in [0, 0.05) is 23.4 Å². The zero-order valence-electron chi connectivity index (χ0n) is 20.0. The molecule has 8 nitrogen and oxygen atoms in total. The second kappa shape index (κ2) is 9.10. The molecule has 3 aliphatic rings. The maximum Gasteiger partial charge on any atom is 0.260 e. The van der Waals surface area contributed by atoms with Crippen molar-refractivity contribution in [2.45, 2.75) is 50.3 Å². The Balaban J connectivity index is 1.44. The molecule has 0 aromatic heterocycles. The van der Waals surface area contributed by atoms with Gasteiger partial charge in [-0.05, 0) is 49.2 Å². The summed E-state index contributed by atoms with van der Waals surface area (Å²) < 4.78 is 20.1. The number of hydrogen-bond donors (Lipinski definition) is 5. The molecule has 1 amide bonds. The van der Waals surface area contributed by atoms with E-state index in [0.29, 0.717) is 29.1 Å². The van der Waals surface area contributed by atoms with Crippen molar-refractivity contribution in [2.75, 3.05) is 18.5 Å². The van der Waals surface area contributed by atoms with E-state index in [1.807, 2.05) is 38.1 Å². The fourth-order valence-corrected chi connectivity index (χ4v) is 5.36. The lowest BCUT2D eigenvalue weighted by atomic mass is 9.91. The van der Waals surface area contributed by atoms with Crippen LogP contribution in [0.1, 0.15) is 30.5 Å². The summed E-state index contributed by atoms with van der Waals surface area (Å²) in [6, 6.07) is 10.4. The summed E-state index contributed by atoms with van der Waals surface area (Å²) in [5.41, 5.74) is 3.14. The molecular weight excluding hydrogens is 467 g/mol. The minimum Gasteiger partial charge on any atom is -0.482 e. The Bertz CT molecular complexity index is 1240. The van der Waals surface area contributed by atoms with E-state index in [-0.39, 0.29) is 19.1 Å². The molecule has 2 aromatic rings. The van der Waals surface area contributed by atoms with Crippen LogP contribution < -0.4 is 5.32 Å². The van der Waals surface area contributed by atoms with Crippen LogP contribution in [-0.2, 0) is 16.1 Å². The molecular formula is C27H29FN2O6. The Morgan fingerprint density at radius 2 is 1.67 bits per heavy atom. The molecule has 5 rings (SSSR count). The van der Waals surface area contributed by atoms with Gasteiger partial charge in [-0.25, -0.2) is 4.39 Å². The first-order valence-electron chi connectivity index (χ1n) is 11.8. The highest BCUT2D eigenvalue weighted by molar-refractivity contribution is 6.32. The number of carbonyl (C=O) groups excluding carboxylic acids is 1. The Labute approximate surface area is 207 Å². The lowest BCUT2D eigenvalue weighted by Crippen LogP contribution is -2.42. The molecule has 1 saturated heterocycles. The van der Waals surface area contributed by atoms with E-state index in [2.05, 4.69) is 5.32 Å². The third-order valence-electron chi connectivity index (χ3n) is 7.26. The van der Waals surface area contributed by atoms with Gasteiger partial charge in [0.1, 0.15) is 17.2 Å². The number of halogens is 1. The number of nitrogens with zero attached hydrogens (tertiary/aromatic N) is 1. The molecule has 0 saturated carbocycles. The molecule has 2 aromatic carbocycles. The first-order chi connectivity index (χ1) is 17.1. The molecule has 0 unspecified atom stereocenters. The van der Waals surface area contributed by atoms with Crippen LogP contribution in [0.15, 0.2) is 54.3 Å². The molecule has 0 aliphatic carbocycles.